The van der Waals surface area contributed by atoms with Crippen molar-refractivity contribution in [3.05, 3.63) is 40.6 Å². The largest absolute Gasteiger partial charge is 0.465 e. The first kappa shape index (κ1) is 15.7. The maximum atomic E-state index is 13.0. The van der Waals surface area contributed by atoms with Crippen LogP contribution < -0.4 is 0 Å². The number of amides is 1. The minimum absolute atomic E-state index is 0.0265. The summed E-state index contributed by atoms with van der Waals surface area (Å²) in [5, 5.41) is 3.32. The van der Waals surface area contributed by atoms with Gasteiger partial charge >= 0.3 is 0 Å². The molecule has 7 heteroatoms. The van der Waals surface area contributed by atoms with Gasteiger partial charge in [0.15, 0.2) is 5.17 Å². The van der Waals surface area contributed by atoms with Crippen LogP contribution in [0.25, 0.3) is 6.08 Å². The Bertz CT molecular complexity index is 760. The maximum absolute atomic E-state index is 13.0. The molecule has 1 aliphatic carbocycles. The highest BCUT2D eigenvalue weighted by Gasteiger charge is 2.38. The molecule has 2 aliphatic rings. The van der Waals surface area contributed by atoms with Gasteiger partial charge in [-0.3, -0.25) is 9.69 Å². The molecule has 0 N–H and O–H groups in total. The molecule has 3 heterocycles. The van der Waals surface area contributed by atoms with E-state index in [-0.39, 0.29) is 11.9 Å². The number of hydrogen-bond acceptors (Lipinski definition) is 6. The Morgan fingerprint density at radius 1 is 1.33 bits per heavy atom. The zero-order valence-electron chi connectivity index (χ0n) is 13.1. The van der Waals surface area contributed by atoms with E-state index in [2.05, 4.69) is 9.98 Å². The van der Waals surface area contributed by atoms with Gasteiger partial charge in [-0.25, -0.2) is 4.98 Å². The zero-order valence-corrected chi connectivity index (χ0v) is 14.7. The highest BCUT2D eigenvalue weighted by Crippen LogP contribution is 2.38. The Morgan fingerprint density at radius 3 is 2.92 bits per heavy atom. The van der Waals surface area contributed by atoms with E-state index in [1.54, 1.807) is 18.5 Å². The van der Waals surface area contributed by atoms with Crippen molar-refractivity contribution in [3.63, 3.8) is 0 Å². The lowest BCUT2D eigenvalue weighted by Crippen LogP contribution is -2.40. The van der Waals surface area contributed by atoms with E-state index in [4.69, 9.17) is 4.42 Å². The van der Waals surface area contributed by atoms with Gasteiger partial charge in [-0.05, 0) is 36.7 Å². The molecule has 0 bridgehead atoms. The van der Waals surface area contributed by atoms with Crippen molar-refractivity contribution in [2.75, 3.05) is 0 Å². The third-order valence-electron chi connectivity index (χ3n) is 4.20. The van der Waals surface area contributed by atoms with Crippen molar-refractivity contribution >= 4 is 45.4 Å². The molecular weight excluding hydrogens is 342 g/mol. The van der Waals surface area contributed by atoms with Crippen molar-refractivity contribution in [2.24, 2.45) is 4.99 Å². The van der Waals surface area contributed by atoms with Crippen molar-refractivity contribution in [1.29, 1.82) is 0 Å². The number of carbonyl (C=O) groups excluding carboxylic acids is 1. The number of thiazole rings is 1. The fourth-order valence-corrected chi connectivity index (χ4v) is 4.66. The number of thioether (sulfide) groups is 1. The van der Waals surface area contributed by atoms with Gasteiger partial charge in [0.25, 0.3) is 5.91 Å². The Morgan fingerprint density at radius 2 is 2.21 bits per heavy atom. The van der Waals surface area contributed by atoms with Crippen molar-refractivity contribution in [1.82, 2.24) is 9.88 Å². The number of aliphatic imine (C=N–C) groups is 1. The molecule has 1 amide bonds. The third-order valence-corrected chi connectivity index (χ3v) is 5.85. The molecular formula is C17H17N3O2S2. The number of nitrogens with zero attached hydrogens (tertiary/aromatic N) is 3. The molecule has 1 saturated heterocycles. The zero-order chi connectivity index (χ0) is 16.4. The molecule has 2 fully saturated rings. The topological polar surface area (TPSA) is 58.7 Å². The van der Waals surface area contributed by atoms with Crippen LogP contribution >= 0.6 is 23.1 Å². The number of furan rings is 1. The summed E-state index contributed by atoms with van der Waals surface area (Å²) in [6.07, 6.45) is 10.8. The van der Waals surface area contributed by atoms with Gasteiger partial charge in [0.2, 0.25) is 5.13 Å². The van der Waals surface area contributed by atoms with E-state index in [1.807, 2.05) is 22.4 Å². The number of rotatable bonds is 3. The van der Waals surface area contributed by atoms with E-state index in [9.17, 15) is 4.79 Å². The molecule has 24 heavy (non-hydrogen) atoms. The van der Waals surface area contributed by atoms with Crippen molar-refractivity contribution in [2.45, 2.75) is 38.1 Å². The van der Waals surface area contributed by atoms with Crippen LogP contribution in [0.15, 0.2) is 44.3 Å². The predicted molar refractivity (Wildman–Crippen MR) is 97.2 cm³/mol. The smallest absolute Gasteiger partial charge is 0.267 e. The molecule has 0 unspecified atom stereocenters. The summed E-state index contributed by atoms with van der Waals surface area (Å²) in [5.41, 5.74) is 0. The van der Waals surface area contributed by atoms with E-state index in [0.717, 1.165) is 18.0 Å². The van der Waals surface area contributed by atoms with Gasteiger partial charge < -0.3 is 4.42 Å². The van der Waals surface area contributed by atoms with Crippen LogP contribution in [0.1, 0.15) is 37.9 Å². The fraction of sp³-hybridized carbons (Fsp3) is 0.353. The van der Waals surface area contributed by atoms with Crippen LogP contribution in [-0.4, -0.2) is 27.0 Å². The predicted octanol–water partition coefficient (Wildman–Crippen LogP) is 4.67. The molecule has 1 aliphatic heterocycles. The standard InChI is InChI=1S/C17H17N3O2S2/c21-15-14(11-13-7-4-9-22-13)24-17(19-16-18-8-10-23-16)20(15)12-5-2-1-3-6-12/h4,7-12H,1-3,5-6H2/b14-11+,19-17+. The summed E-state index contributed by atoms with van der Waals surface area (Å²) in [7, 11) is 0. The SMILES string of the molecule is O=C1/C(=C\c2ccco2)S/C(=N/c2nccs2)N1C1CCCCC1. The number of amidine groups is 1. The minimum atomic E-state index is 0.0265. The Kier molecular flexibility index (Phi) is 4.53. The first-order valence-corrected chi connectivity index (χ1v) is 9.76. The fourth-order valence-electron chi connectivity index (χ4n) is 3.08. The van der Waals surface area contributed by atoms with Gasteiger partial charge in [-0.1, -0.05) is 19.3 Å². The summed E-state index contributed by atoms with van der Waals surface area (Å²) < 4.78 is 5.35. The highest BCUT2D eigenvalue weighted by atomic mass is 32.2. The van der Waals surface area contributed by atoms with E-state index in [0.29, 0.717) is 15.8 Å². The van der Waals surface area contributed by atoms with Crippen LogP contribution in [0.4, 0.5) is 5.13 Å². The van der Waals surface area contributed by atoms with Gasteiger partial charge in [0, 0.05) is 23.7 Å². The monoisotopic (exact) mass is 359 g/mol. The summed E-state index contributed by atoms with van der Waals surface area (Å²) in [6, 6.07) is 3.90. The molecule has 124 valence electrons. The lowest BCUT2D eigenvalue weighted by atomic mass is 9.94. The van der Waals surface area contributed by atoms with Gasteiger partial charge in [0.05, 0.1) is 11.2 Å². The molecule has 0 aromatic carbocycles. The number of carbonyl (C=O) groups is 1. The molecule has 2 aromatic rings. The average Bonchev–Trinajstić information content (AvgIpc) is 3.33. The Hall–Kier alpha value is -1.86. The Labute approximate surface area is 148 Å². The molecule has 2 aromatic heterocycles. The van der Waals surface area contributed by atoms with E-state index in [1.165, 1.54) is 42.4 Å². The molecule has 0 radical (unpaired) electrons. The Balaban J connectivity index is 1.68. The van der Waals surface area contributed by atoms with Gasteiger partial charge in [0.1, 0.15) is 5.76 Å². The van der Waals surface area contributed by atoms with Crippen molar-refractivity contribution < 1.29 is 9.21 Å². The highest BCUT2D eigenvalue weighted by molar-refractivity contribution is 8.18. The first-order chi connectivity index (χ1) is 11.8. The van der Waals surface area contributed by atoms with Crippen LogP contribution in [0.5, 0.6) is 0 Å². The second-order valence-electron chi connectivity index (χ2n) is 5.80. The quantitative estimate of drug-likeness (QED) is 0.747. The molecule has 0 atom stereocenters. The lowest BCUT2D eigenvalue weighted by molar-refractivity contribution is -0.124. The van der Waals surface area contributed by atoms with Crippen LogP contribution in [-0.2, 0) is 4.79 Å². The van der Waals surface area contributed by atoms with Gasteiger partial charge in [-0.15, -0.1) is 11.3 Å². The summed E-state index contributed by atoms with van der Waals surface area (Å²) in [4.78, 5) is 24.4. The molecule has 4 rings (SSSR count). The second-order valence-corrected chi connectivity index (χ2v) is 7.68. The summed E-state index contributed by atoms with van der Waals surface area (Å²) >= 11 is 2.89. The normalized spacial score (nSPS) is 22.8. The van der Waals surface area contributed by atoms with Crippen LogP contribution in [0.2, 0.25) is 0 Å². The maximum Gasteiger partial charge on any atom is 0.267 e. The lowest BCUT2D eigenvalue weighted by Gasteiger charge is -2.30. The average molecular weight is 359 g/mol. The van der Waals surface area contributed by atoms with Crippen molar-refractivity contribution in [3.8, 4) is 0 Å². The van der Waals surface area contributed by atoms with Gasteiger partial charge in [-0.2, -0.15) is 4.99 Å². The number of hydrogen-bond donors (Lipinski definition) is 0. The molecule has 0 spiro atoms. The summed E-state index contributed by atoms with van der Waals surface area (Å²) in [6.45, 7) is 0. The number of aromatic nitrogens is 1. The van der Waals surface area contributed by atoms with Crippen LogP contribution in [0.3, 0.4) is 0 Å². The summed E-state index contributed by atoms with van der Waals surface area (Å²) in [5.74, 6) is 0.712. The molecule has 5 nitrogen and oxygen atoms in total. The second kappa shape index (κ2) is 6.94. The minimum Gasteiger partial charge on any atom is -0.465 e. The van der Waals surface area contributed by atoms with E-state index >= 15 is 0 Å². The van der Waals surface area contributed by atoms with E-state index < -0.39 is 0 Å². The third kappa shape index (κ3) is 3.18. The first-order valence-electron chi connectivity index (χ1n) is 8.06. The molecule has 1 saturated carbocycles. The van der Waals surface area contributed by atoms with Crippen LogP contribution in [0, 0.1) is 0 Å².